The molecule has 0 bridgehead atoms. The standard InChI is InChI=1S/C15H14N2O2/c1-10(14-7-4-8-19-14)17-15(18)12-9-16-13-6-3-2-5-11(12)13/h2-10,16H,1H3,(H,17,18). The third kappa shape index (κ3) is 2.12. The second-order valence-corrected chi connectivity index (χ2v) is 4.46. The predicted octanol–water partition coefficient (Wildman–Crippen LogP) is 3.25. The normalized spacial score (nSPS) is 12.5. The lowest BCUT2D eigenvalue weighted by atomic mass is 10.1. The van der Waals surface area contributed by atoms with E-state index in [-0.39, 0.29) is 11.9 Å². The van der Waals surface area contributed by atoms with E-state index in [1.807, 2.05) is 43.3 Å². The zero-order chi connectivity index (χ0) is 13.2. The van der Waals surface area contributed by atoms with Gasteiger partial charge in [0, 0.05) is 17.1 Å². The number of H-pyrrole nitrogens is 1. The molecule has 2 N–H and O–H groups in total. The number of carbonyl (C=O) groups excluding carboxylic acids is 1. The number of amides is 1. The molecule has 96 valence electrons. The molecule has 0 aliphatic carbocycles. The van der Waals surface area contributed by atoms with Gasteiger partial charge in [-0.15, -0.1) is 0 Å². The van der Waals surface area contributed by atoms with Crippen molar-refractivity contribution in [3.8, 4) is 0 Å². The average molecular weight is 254 g/mol. The minimum Gasteiger partial charge on any atom is -0.467 e. The Morgan fingerprint density at radius 1 is 1.26 bits per heavy atom. The van der Waals surface area contributed by atoms with Gasteiger partial charge in [0.15, 0.2) is 0 Å². The molecule has 3 aromatic rings. The smallest absolute Gasteiger partial charge is 0.254 e. The Kier molecular flexibility index (Phi) is 2.83. The summed E-state index contributed by atoms with van der Waals surface area (Å²) in [6.45, 7) is 1.89. The number of furan rings is 1. The van der Waals surface area contributed by atoms with Gasteiger partial charge in [-0.3, -0.25) is 4.79 Å². The molecule has 0 aliphatic heterocycles. The fraction of sp³-hybridized carbons (Fsp3) is 0.133. The fourth-order valence-corrected chi connectivity index (χ4v) is 2.14. The highest BCUT2D eigenvalue weighted by molar-refractivity contribution is 6.06. The first kappa shape index (κ1) is 11.6. The van der Waals surface area contributed by atoms with E-state index in [0.29, 0.717) is 5.56 Å². The molecule has 4 nitrogen and oxygen atoms in total. The van der Waals surface area contributed by atoms with Crippen molar-refractivity contribution < 1.29 is 9.21 Å². The van der Waals surface area contributed by atoms with Gasteiger partial charge in [-0.25, -0.2) is 0 Å². The van der Waals surface area contributed by atoms with Crippen LogP contribution in [0.25, 0.3) is 10.9 Å². The van der Waals surface area contributed by atoms with Crippen LogP contribution in [0.2, 0.25) is 0 Å². The summed E-state index contributed by atoms with van der Waals surface area (Å²) in [5.74, 6) is 0.634. The van der Waals surface area contributed by atoms with Gasteiger partial charge in [0.25, 0.3) is 5.91 Å². The maximum atomic E-state index is 12.3. The van der Waals surface area contributed by atoms with E-state index in [1.54, 1.807) is 12.5 Å². The van der Waals surface area contributed by atoms with E-state index in [9.17, 15) is 4.79 Å². The fourth-order valence-electron chi connectivity index (χ4n) is 2.14. The molecule has 0 radical (unpaired) electrons. The summed E-state index contributed by atoms with van der Waals surface area (Å²) < 4.78 is 5.28. The molecule has 0 fully saturated rings. The molecule has 2 heterocycles. The summed E-state index contributed by atoms with van der Waals surface area (Å²) in [7, 11) is 0. The maximum absolute atomic E-state index is 12.3. The van der Waals surface area contributed by atoms with E-state index in [4.69, 9.17) is 4.42 Å². The van der Waals surface area contributed by atoms with Crippen LogP contribution >= 0.6 is 0 Å². The molecule has 0 saturated heterocycles. The number of aromatic nitrogens is 1. The first-order chi connectivity index (χ1) is 9.25. The monoisotopic (exact) mass is 254 g/mol. The molecule has 19 heavy (non-hydrogen) atoms. The topological polar surface area (TPSA) is 58.0 Å². The number of hydrogen-bond acceptors (Lipinski definition) is 2. The van der Waals surface area contributed by atoms with Crippen molar-refractivity contribution >= 4 is 16.8 Å². The molecule has 1 atom stereocenters. The number of hydrogen-bond donors (Lipinski definition) is 2. The molecule has 1 unspecified atom stereocenters. The molecule has 1 amide bonds. The van der Waals surface area contributed by atoms with E-state index in [0.717, 1.165) is 16.7 Å². The van der Waals surface area contributed by atoms with Crippen molar-refractivity contribution in [2.75, 3.05) is 0 Å². The molecule has 3 rings (SSSR count). The number of aromatic amines is 1. The number of nitrogens with one attached hydrogen (secondary N) is 2. The summed E-state index contributed by atoms with van der Waals surface area (Å²) in [5.41, 5.74) is 1.60. The SMILES string of the molecule is CC(NC(=O)c1c[nH]c2ccccc12)c1ccco1. The van der Waals surface area contributed by atoms with Crippen molar-refractivity contribution in [3.63, 3.8) is 0 Å². The van der Waals surface area contributed by atoms with Crippen molar-refractivity contribution in [1.29, 1.82) is 0 Å². The highest BCUT2D eigenvalue weighted by Gasteiger charge is 2.16. The zero-order valence-corrected chi connectivity index (χ0v) is 10.5. The lowest BCUT2D eigenvalue weighted by molar-refractivity contribution is 0.0937. The summed E-state index contributed by atoms with van der Waals surface area (Å²) in [6, 6.07) is 11.2. The van der Waals surface area contributed by atoms with Crippen LogP contribution in [-0.4, -0.2) is 10.9 Å². The van der Waals surface area contributed by atoms with Gasteiger partial charge in [-0.05, 0) is 25.1 Å². The molecule has 0 aliphatic rings. The summed E-state index contributed by atoms with van der Waals surface area (Å²) in [6.07, 6.45) is 3.33. The van der Waals surface area contributed by atoms with Gasteiger partial charge in [0.05, 0.1) is 17.9 Å². The molecule has 2 aromatic heterocycles. The summed E-state index contributed by atoms with van der Waals surface area (Å²) in [4.78, 5) is 15.3. The van der Waals surface area contributed by atoms with Crippen LogP contribution in [-0.2, 0) is 0 Å². The Bertz CT molecular complexity index is 698. The second-order valence-electron chi connectivity index (χ2n) is 4.46. The minimum absolute atomic E-state index is 0.110. The van der Waals surface area contributed by atoms with Crippen LogP contribution in [0, 0.1) is 0 Å². The van der Waals surface area contributed by atoms with E-state index in [1.165, 1.54) is 0 Å². The summed E-state index contributed by atoms with van der Waals surface area (Å²) in [5, 5.41) is 3.85. The van der Waals surface area contributed by atoms with E-state index >= 15 is 0 Å². The Labute approximate surface area is 110 Å². The van der Waals surface area contributed by atoms with Gasteiger partial charge in [-0.2, -0.15) is 0 Å². The highest BCUT2D eigenvalue weighted by Crippen LogP contribution is 2.19. The Morgan fingerprint density at radius 2 is 2.11 bits per heavy atom. The van der Waals surface area contributed by atoms with Crippen LogP contribution in [0.5, 0.6) is 0 Å². The van der Waals surface area contributed by atoms with Gasteiger partial charge in [0.2, 0.25) is 0 Å². The third-order valence-corrected chi connectivity index (χ3v) is 3.15. The largest absolute Gasteiger partial charge is 0.467 e. The van der Waals surface area contributed by atoms with Crippen molar-refractivity contribution in [1.82, 2.24) is 10.3 Å². The van der Waals surface area contributed by atoms with Crippen LogP contribution in [0.4, 0.5) is 0 Å². The van der Waals surface area contributed by atoms with Crippen molar-refractivity contribution in [2.45, 2.75) is 13.0 Å². The molecular formula is C15H14N2O2. The lowest BCUT2D eigenvalue weighted by Crippen LogP contribution is -2.26. The molecule has 1 aromatic carbocycles. The van der Waals surface area contributed by atoms with Crippen LogP contribution in [0.3, 0.4) is 0 Å². The van der Waals surface area contributed by atoms with Crippen molar-refractivity contribution in [3.05, 3.63) is 60.2 Å². The predicted molar refractivity (Wildman–Crippen MR) is 72.9 cm³/mol. The van der Waals surface area contributed by atoms with E-state index in [2.05, 4.69) is 10.3 Å². The average Bonchev–Trinajstić information content (AvgIpc) is 3.08. The van der Waals surface area contributed by atoms with Crippen LogP contribution in [0.1, 0.15) is 29.1 Å². The molecule has 0 spiro atoms. The number of carbonyl (C=O) groups is 1. The maximum Gasteiger partial charge on any atom is 0.254 e. The number of para-hydroxylation sites is 1. The van der Waals surface area contributed by atoms with E-state index < -0.39 is 0 Å². The zero-order valence-electron chi connectivity index (χ0n) is 10.5. The quantitative estimate of drug-likeness (QED) is 0.753. The van der Waals surface area contributed by atoms with Crippen LogP contribution in [0.15, 0.2) is 53.3 Å². The first-order valence-electron chi connectivity index (χ1n) is 6.16. The molecule has 4 heteroatoms. The van der Waals surface area contributed by atoms with Gasteiger partial charge in [-0.1, -0.05) is 18.2 Å². The second kappa shape index (κ2) is 4.65. The molecular weight excluding hydrogens is 240 g/mol. The lowest BCUT2D eigenvalue weighted by Gasteiger charge is -2.10. The highest BCUT2D eigenvalue weighted by atomic mass is 16.3. The number of benzene rings is 1. The number of rotatable bonds is 3. The Hall–Kier alpha value is -2.49. The summed E-state index contributed by atoms with van der Waals surface area (Å²) >= 11 is 0. The van der Waals surface area contributed by atoms with Gasteiger partial charge < -0.3 is 14.7 Å². The number of fused-ring (bicyclic) bond motifs is 1. The third-order valence-electron chi connectivity index (χ3n) is 3.15. The van der Waals surface area contributed by atoms with Gasteiger partial charge >= 0.3 is 0 Å². The molecule has 0 saturated carbocycles. The van der Waals surface area contributed by atoms with Gasteiger partial charge in [0.1, 0.15) is 5.76 Å². The van der Waals surface area contributed by atoms with Crippen LogP contribution < -0.4 is 5.32 Å². The Morgan fingerprint density at radius 3 is 2.89 bits per heavy atom. The Balaban J connectivity index is 1.84. The minimum atomic E-state index is -0.156. The first-order valence-corrected chi connectivity index (χ1v) is 6.16. The van der Waals surface area contributed by atoms with Crippen molar-refractivity contribution in [2.24, 2.45) is 0 Å².